The number of ether oxygens (including phenoxy) is 1. The van der Waals surface area contributed by atoms with Gasteiger partial charge in [-0.1, -0.05) is 114 Å². The molecule has 3 unspecified atom stereocenters. The molecule has 0 bridgehead atoms. The molecule has 0 aliphatic rings. The summed E-state index contributed by atoms with van der Waals surface area (Å²) in [6.45, 7) is 14.2. The number of carbonyl (C=O) groups is 3. The number of hydrogen-bond acceptors (Lipinski definition) is 4. The van der Waals surface area contributed by atoms with Crippen molar-refractivity contribution in [3.05, 3.63) is 71.3 Å². The normalized spacial score (nSPS) is 13.5. The Labute approximate surface area is 253 Å². The minimum atomic E-state index is -0.843. The van der Waals surface area contributed by atoms with Crippen molar-refractivity contribution in [1.82, 2.24) is 15.5 Å². The quantitative estimate of drug-likeness (QED) is 0.202. The highest BCUT2D eigenvalue weighted by Gasteiger charge is 2.38. The van der Waals surface area contributed by atoms with Crippen molar-refractivity contribution in [2.75, 3.05) is 6.54 Å². The molecule has 2 aromatic carbocycles. The van der Waals surface area contributed by atoms with Crippen LogP contribution >= 0.6 is 0 Å². The summed E-state index contributed by atoms with van der Waals surface area (Å²) in [7, 11) is 0. The molecule has 3 amide bonds. The molecule has 7 heteroatoms. The van der Waals surface area contributed by atoms with Gasteiger partial charge < -0.3 is 20.3 Å². The lowest BCUT2D eigenvalue weighted by Crippen LogP contribution is -2.55. The van der Waals surface area contributed by atoms with Crippen LogP contribution in [0.25, 0.3) is 0 Å². The second kappa shape index (κ2) is 17.6. The van der Waals surface area contributed by atoms with E-state index in [4.69, 9.17) is 4.74 Å². The van der Waals surface area contributed by atoms with E-state index in [1.807, 2.05) is 75.4 Å². The largest absolute Gasteiger partial charge is 0.444 e. The maximum absolute atomic E-state index is 14.5. The Hall–Kier alpha value is -3.35. The third-order valence-corrected chi connectivity index (χ3v) is 7.54. The summed E-state index contributed by atoms with van der Waals surface area (Å²) >= 11 is 0. The summed E-state index contributed by atoms with van der Waals surface area (Å²) in [4.78, 5) is 43.1. The van der Waals surface area contributed by atoms with E-state index in [9.17, 15) is 14.4 Å². The fourth-order valence-corrected chi connectivity index (χ4v) is 4.95. The number of rotatable bonds is 16. The minimum absolute atomic E-state index is 0.165. The molecule has 2 N–H and O–H groups in total. The zero-order valence-corrected chi connectivity index (χ0v) is 26.9. The van der Waals surface area contributed by atoms with E-state index in [0.29, 0.717) is 19.5 Å². The minimum Gasteiger partial charge on any atom is -0.444 e. The van der Waals surface area contributed by atoms with E-state index < -0.39 is 23.8 Å². The average molecular weight is 580 g/mol. The standard InChI is InChI=1S/C35H53N3O4/c1-8-10-11-12-13-19-24-38(33(40)30(26(3)9-2)37-34(41)42-35(5,6)7)31(29-23-18-17-20-27(29)4)32(39)36-25-28-21-15-14-16-22-28/h14-18,20-23,26,30-31H,8-13,19,24-25H2,1-7H3,(H,36,39)(H,37,41). The molecule has 2 aromatic rings. The topological polar surface area (TPSA) is 87.7 Å². The van der Waals surface area contributed by atoms with Crippen molar-refractivity contribution in [3.63, 3.8) is 0 Å². The predicted molar refractivity (Wildman–Crippen MR) is 170 cm³/mol. The van der Waals surface area contributed by atoms with Crippen LogP contribution < -0.4 is 10.6 Å². The molecule has 0 radical (unpaired) electrons. The Bertz CT molecular complexity index is 1110. The fraction of sp³-hybridized carbons (Fsp3) is 0.571. The van der Waals surface area contributed by atoms with Crippen molar-refractivity contribution in [3.8, 4) is 0 Å². The van der Waals surface area contributed by atoms with Crippen LogP contribution in [0.2, 0.25) is 0 Å². The summed E-state index contributed by atoms with van der Waals surface area (Å²) in [6.07, 6.45) is 6.34. The first-order valence-corrected chi connectivity index (χ1v) is 15.7. The van der Waals surface area contributed by atoms with Gasteiger partial charge in [-0.2, -0.15) is 0 Å². The van der Waals surface area contributed by atoms with Crippen LogP contribution in [0.1, 0.15) is 109 Å². The zero-order valence-electron chi connectivity index (χ0n) is 26.9. The third kappa shape index (κ3) is 11.5. The maximum atomic E-state index is 14.5. The number of hydrogen-bond donors (Lipinski definition) is 2. The van der Waals surface area contributed by atoms with Crippen LogP contribution in [0.5, 0.6) is 0 Å². The number of carbonyl (C=O) groups excluding carboxylic acids is 3. The SMILES string of the molecule is CCCCCCCCN(C(=O)C(NC(=O)OC(C)(C)C)C(C)CC)C(C(=O)NCc1ccccc1)c1ccccc1C. The molecule has 0 saturated carbocycles. The number of aryl methyl sites for hydroxylation is 1. The molecule has 7 nitrogen and oxygen atoms in total. The smallest absolute Gasteiger partial charge is 0.408 e. The second-order valence-electron chi connectivity index (χ2n) is 12.3. The lowest BCUT2D eigenvalue weighted by atomic mass is 9.94. The molecule has 2 rings (SSSR count). The van der Waals surface area contributed by atoms with Crippen LogP contribution in [0, 0.1) is 12.8 Å². The van der Waals surface area contributed by atoms with Gasteiger partial charge in [0.25, 0.3) is 0 Å². The van der Waals surface area contributed by atoms with Crippen LogP contribution in [-0.4, -0.2) is 41.0 Å². The van der Waals surface area contributed by atoms with Crippen LogP contribution in [0.3, 0.4) is 0 Å². The number of nitrogens with zero attached hydrogens (tertiary/aromatic N) is 1. The molecule has 0 aromatic heterocycles. The molecule has 0 aliphatic carbocycles. The molecular formula is C35H53N3O4. The third-order valence-electron chi connectivity index (χ3n) is 7.54. The van der Waals surface area contributed by atoms with Gasteiger partial charge in [0.1, 0.15) is 17.7 Å². The molecule has 0 fully saturated rings. The van der Waals surface area contributed by atoms with E-state index in [-0.39, 0.29) is 17.7 Å². The van der Waals surface area contributed by atoms with E-state index in [2.05, 4.69) is 17.6 Å². The molecule has 0 saturated heterocycles. The summed E-state index contributed by atoms with van der Waals surface area (Å²) in [5.41, 5.74) is 1.99. The fourth-order valence-electron chi connectivity index (χ4n) is 4.95. The number of alkyl carbamates (subject to hydrolysis) is 1. The number of nitrogens with one attached hydrogen (secondary N) is 2. The first-order chi connectivity index (χ1) is 20.0. The molecule has 232 valence electrons. The van der Waals surface area contributed by atoms with Crippen LogP contribution in [0.15, 0.2) is 54.6 Å². The Morgan fingerprint density at radius 3 is 2.12 bits per heavy atom. The average Bonchev–Trinajstić information content (AvgIpc) is 2.95. The van der Waals surface area contributed by atoms with Gasteiger partial charge in [-0.15, -0.1) is 0 Å². The van der Waals surface area contributed by atoms with Crippen molar-refractivity contribution in [2.45, 2.75) is 118 Å². The first kappa shape index (κ1) is 34.8. The van der Waals surface area contributed by atoms with Crippen LogP contribution in [0.4, 0.5) is 4.79 Å². The van der Waals surface area contributed by atoms with E-state index in [0.717, 1.165) is 48.8 Å². The monoisotopic (exact) mass is 579 g/mol. The van der Waals surface area contributed by atoms with Gasteiger partial charge >= 0.3 is 6.09 Å². The van der Waals surface area contributed by atoms with Gasteiger partial charge in [-0.3, -0.25) is 9.59 Å². The summed E-state index contributed by atoms with van der Waals surface area (Å²) in [6, 6.07) is 15.8. The highest BCUT2D eigenvalue weighted by Crippen LogP contribution is 2.28. The van der Waals surface area contributed by atoms with Gasteiger partial charge in [-0.05, 0) is 56.7 Å². The highest BCUT2D eigenvalue weighted by molar-refractivity contribution is 5.92. The van der Waals surface area contributed by atoms with Gasteiger partial charge in [-0.25, -0.2) is 4.79 Å². The number of amides is 3. The first-order valence-electron chi connectivity index (χ1n) is 15.7. The molecule has 0 spiro atoms. The lowest BCUT2D eigenvalue weighted by molar-refractivity contribution is -0.143. The van der Waals surface area contributed by atoms with E-state index >= 15 is 0 Å². The van der Waals surface area contributed by atoms with Crippen molar-refractivity contribution in [2.24, 2.45) is 5.92 Å². The van der Waals surface area contributed by atoms with Crippen molar-refractivity contribution >= 4 is 17.9 Å². The summed E-state index contributed by atoms with van der Waals surface area (Å²) in [5, 5.41) is 5.94. The maximum Gasteiger partial charge on any atom is 0.408 e. The van der Waals surface area contributed by atoms with Gasteiger partial charge in [0.05, 0.1) is 0 Å². The summed E-state index contributed by atoms with van der Waals surface area (Å²) < 4.78 is 5.53. The molecule has 0 aliphatic heterocycles. The highest BCUT2D eigenvalue weighted by atomic mass is 16.6. The molecule has 42 heavy (non-hydrogen) atoms. The van der Waals surface area contributed by atoms with Gasteiger partial charge in [0.15, 0.2) is 0 Å². The Kier molecular flexibility index (Phi) is 14.6. The second-order valence-corrected chi connectivity index (χ2v) is 12.3. The lowest BCUT2D eigenvalue weighted by Gasteiger charge is -2.36. The Balaban J connectivity index is 2.47. The van der Waals surface area contributed by atoms with E-state index in [1.54, 1.807) is 25.7 Å². The molecule has 0 heterocycles. The predicted octanol–water partition coefficient (Wildman–Crippen LogP) is 7.48. The van der Waals surface area contributed by atoms with Crippen molar-refractivity contribution in [1.29, 1.82) is 0 Å². The van der Waals surface area contributed by atoms with Crippen molar-refractivity contribution < 1.29 is 19.1 Å². The van der Waals surface area contributed by atoms with E-state index in [1.165, 1.54) is 6.42 Å². The number of benzene rings is 2. The zero-order chi connectivity index (χ0) is 31.1. The number of unbranched alkanes of at least 4 members (excludes halogenated alkanes) is 5. The molecule has 3 atom stereocenters. The van der Waals surface area contributed by atoms with Gasteiger partial charge in [0, 0.05) is 13.1 Å². The molecular weight excluding hydrogens is 526 g/mol. The Morgan fingerprint density at radius 1 is 0.881 bits per heavy atom. The Morgan fingerprint density at radius 2 is 1.50 bits per heavy atom. The van der Waals surface area contributed by atoms with Gasteiger partial charge in [0.2, 0.25) is 11.8 Å². The van der Waals surface area contributed by atoms with Crippen LogP contribution in [-0.2, 0) is 20.9 Å². The summed E-state index contributed by atoms with van der Waals surface area (Å²) in [5.74, 6) is -0.679.